The summed E-state index contributed by atoms with van der Waals surface area (Å²) in [6, 6.07) is 11.0. The molecule has 2 aromatic rings. The lowest BCUT2D eigenvalue weighted by Crippen LogP contribution is -2.43. The molecule has 0 unspecified atom stereocenters. The molecule has 0 radical (unpaired) electrons. The quantitative estimate of drug-likeness (QED) is 0.732. The Hall–Kier alpha value is -2.47. The van der Waals surface area contributed by atoms with Gasteiger partial charge in [-0.25, -0.2) is 4.98 Å². The topological polar surface area (TPSA) is 58.7 Å². The van der Waals surface area contributed by atoms with Crippen molar-refractivity contribution in [3.8, 4) is 11.5 Å². The van der Waals surface area contributed by atoms with Crippen LogP contribution in [0, 0.1) is 6.92 Å². The highest BCUT2D eigenvalue weighted by molar-refractivity contribution is 5.57. The molecule has 0 amide bonds. The van der Waals surface area contributed by atoms with Gasteiger partial charge in [-0.3, -0.25) is 0 Å². The van der Waals surface area contributed by atoms with Gasteiger partial charge in [-0.1, -0.05) is 6.07 Å². The van der Waals surface area contributed by atoms with E-state index in [1.165, 1.54) is 24.1 Å². The van der Waals surface area contributed by atoms with Crippen LogP contribution in [0.2, 0.25) is 0 Å². The lowest BCUT2D eigenvalue weighted by molar-refractivity contribution is 0.174. The second-order valence-corrected chi connectivity index (χ2v) is 7.25. The number of hydrogen-bond donors (Lipinski definition) is 2. The highest BCUT2D eigenvalue weighted by atomic mass is 16.7. The van der Waals surface area contributed by atoms with Crippen LogP contribution in [0.15, 0.2) is 36.5 Å². The minimum Gasteiger partial charge on any atom is -0.454 e. The predicted octanol–water partition coefficient (Wildman–Crippen LogP) is 3.18. The first-order valence-electron chi connectivity index (χ1n) is 9.82. The van der Waals surface area contributed by atoms with Crippen molar-refractivity contribution < 1.29 is 9.47 Å². The van der Waals surface area contributed by atoms with E-state index in [0.29, 0.717) is 12.8 Å². The number of rotatable bonds is 7. The molecule has 0 atom stereocenters. The summed E-state index contributed by atoms with van der Waals surface area (Å²) < 4.78 is 10.9. The van der Waals surface area contributed by atoms with Crippen LogP contribution >= 0.6 is 0 Å². The number of ether oxygens (including phenoxy) is 2. The van der Waals surface area contributed by atoms with E-state index in [1.807, 2.05) is 18.3 Å². The molecule has 144 valence electrons. The third kappa shape index (κ3) is 4.63. The standard InChI is InChI=1S/C21H28N4O2/c1-16-3-6-21(24-14-16)23-10-2-9-22-17-7-11-25(12-8-17)18-4-5-19-20(13-18)27-15-26-19/h3-6,13-14,17,22H,2,7-12,15H2,1H3,(H,23,24). The Labute approximate surface area is 160 Å². The van der Waals surface area contributed by atoms with Gasteiger partial charge in [0.2, 0.25) is 6.79 Å². The minimum absolute atomic E-state index is 0.333. The lowest BCUT2D eigenvalue weighted by Gasteiger charge is -2.34. The highest BCUT2D eigenvalue weighted by Crippen LogP contribution is 2.36. The van der Waals surface area contributed by atoms with Gasteiger partial charge in [0.15, 0.2) is 11.5 Å². The molecular formula is C21H28N4O2. The number of fused-ring (bicyclic) bond motifs is 1. The largest absolute Gasteiger partial charge is 0.454 e. The van der Waals surface area contributed by atoms with Crippen LogP contribution < -0.4 is 25.0 Å². The molecule has 4 rings (SSSR count). The molecule has 3 heterocycles. The van der Waals surface area contributed by atoms with Gasteiger partial charge in [0.05, 0.1) is 0 Å². The molecule has 1 aromatic carbocycles. The van der Waals surface area contributed by atoms with Crippen molar-refractivity contribution in [3.63, 3.8) is 0 Å². The Kier molecular flexibility index (Phi) is 5.63. The molecule has 0 saturated carbocycles. The first kappa shape index (κ1) is 17.9. The second kappa shape index (κ2) is 8.48. The maximum absolute atomic E-state index is 5.49. The number of pyridine rings is 1. The zero-order valence-corrected chi connectivity index (χ0v) is 15.9. The normalized spacial score (nSPS) is 16.6. The fraction of sp³-hybridized carbons (Fsp3) is 0.476. The number of hydrogen-bond acceptors (Lipinski definition) is 6. The maximum atomic E-state index is 5.49. The molecule has 0 aliphatic carbocycles. The second-order valence-electron chi connectivity index (χ2n) is 7.25. The molecule has 0 spiro atoms. The Bertz CT molecular complexity index is 742. The zero-order valence-electron chi connectivity index (χ0n) is 15.9. The fourth-order valence-electron chi connectivity index (χ4n) is 3.61. The summed E-state index contributed by atoms with van der Waals surface area (Å²) in [5, 5.41) is 7.08. The van der Waals surface area contributed by atoms with Crippen LogP contribution in [0.25, 0.3) is 0 Å². The monoisotopic (exact) mass is 368 g/mol. The van der Waals surface area contributed by atoms with E-state index < -0.39 is 0 Å². The average Bonchev–Trinajstić information content (AvgIpc) is 3.17. The summed E-state index contributed by atoms with van der Waals surface area (Å²) in [6.07, 6.45) is 5.33. The number of piperidine rings is 1. The minimum atomic E-state index is 0.333. The SMILES string of the molecule is Cc1ccc(NCCCNC2CCN(c3ccc4c(c3)OCO4)CC2)nc1. The van der Waals surface area contributed by atoms with E-state index in [-0.39, 0.29) is 0 Å². The summed E-state index contributed by atoms with van der Waals surface area (Å²) in [5.74, 6) is 2.67. The van der Waals surface area contributed by atoms with Crippen molar-refractivity contribution in [2.45, 2.75) is 32.2 Å². The number of anilines is 2. The molecule has 1 fully saturated rings. The van der Waals surface area contributed by atoms with Crippen LogP contribution in [0.1, 0.15) is 24.8 Å². The van der Waals surface area contributed by atoms with Crippen LogP contribution in [0.4, 0.5) is 11.5 Å². The van der Waals surface area contributed by atoms with Gasteiger partial charge < -0.3 is 25.0 Å². The number of benzene rings is 1. The molecule has 6 heteroatoms. The third-order valence-electron chi connectivity index (χ3n) is 5.22. The van der Waals surface area contributed by atoms with Gasteiger partial charge >= 0.3 is 0 Å². The third-order valence-corrected chi connectivity index (χ3v) is 5.22. The smallest absolute Gasteiger partial charge is 0.231 e. The zero-order chi connectivity index (χ0) is 18.5. The van der Waals surface area contributed by atoms with Crippen LogP contribution in [0.3, 0.4) is 0 Å². The molecule has 0 bridgehead atoms. The van der Waals surface area contributed by atoms with E-state index in [2.05, 4.69) is 45.6 Å². The molecule has 1 saturated heterocycles. The maximum Gasteiger partial charge on any atom is 0.231 e. The van der Waals surface area contributed by atoms with Crippen molar-refractivity contribution in [1.82, 2.24) is 10.3 Å². The fourth-order valence-corrected chi connectivity index (χ4v) is 3.61. The molecule has 2 N–H and O–H groups in total. The molecule has 2 aliphatic heterocycles. The van der Waals surface area contributed by atoms with Crippen molar-refractivity contribution in [2.75, 3.05) is 43.2 Å². The first-order valence-corrected chi connectivity index (χ1v) is 9.82. The lowest BCUT2D eigenvalue weighted by atomic mass is 10.0. The van der Waals surface area contributed by atoms with E-state index >= 15 is 0 Å². The van der Waals surface area contributed by atoms with Crippen molar-refractivity contribution in [3.05, 3.63) is 42.1 Å². The Morgan fingerprint density at radius 3 is 2.74 bits per heavy atom. The number of nitrogens with zero attached hydrogens (tertiary/aromatic N) is 2. The predicted molar refractivity (Wildman–Crippen MR) is 108 cm³/mol. The molecule has 6 nitrogen and oxygen atoms in total. The van der Waals surface area contributed by atoms with Crippen LogP contribution in [0.5, 0.6) is 11.5 Å². The number of nitrogens with one attached hydrogen (secondary N) is 2. The van der Waals surface area contributed by atoms with Crippen molar-refractivity contribution in [1.29, 1.82) is 0 Å². The first-order chi connectivity index (χ1) is 13.3. The van der Waals surface area contributed by atoms with E-state index in [0.717, 1.165) is 49.9 Å². The van der Waals surface area contributed by atoms with Crippen molar-refractivity contribution in [2.24, 2.45) is 0 Å². The summed E-state index contributed by atoms with van der Waals surface area (Å²) in [4.78, 5) is 6.81. The number of aryl methyl sites for hydroxylation is 1. The summed E-state index contributed by atoms with van der Waals surface area (Å²) in [7, 11) is 0. The highest BCUT2D eigenvalue weighted by Gasteiger charge is 2.21. The average molecular weight is 368 g/mol. The summed E-state index contributed by atoms with van der Waals surface area (Å²) in [6.45, 7) is 6.51. The van der Waals surface area contributed by atoms with Gasteiger partial charge in [0.1, 0.15) is 5.82 Å². The van der Waals surface area contributed by atoms with Gasteiger partial charge in [0.25, 0.3) is 0 Å². The van der Waals surface area contributed by atoms with Crippen LogP contribution in [-0.2, 0) is 0 Å². The van der Waals surface area contributed by atoms with Gasteiger partial charge in [-0.05, 0) is 56.5 Å². The van der Waals surface area contributed by atoms with Crippen LogP contribution in [-0.4, -0.2) is 44.0 Å². The molecule has 2 aliphatic rings. The Morgan fingerprint density at radius 2 is 1.93 bits per heavy atom. The van der Waals surface area contributed by atoms with Gasteiger partial charge in [-0.2, -0.15) is 0 Å². The molecule has 1 aromatic heterocycles. The number of aromatic nitrogens is 1. The van der Waals surface area contributed by atoms with Gasteiger partial charge in [0, 0.05) is 43.6 Å². The van der Waals surface area contributed by atoms with Gasteiger partial charge in [-0.15, -0.1) is 0 Å². The van der Waals surface area contributed by atoms with E-state index in [4.69, 9.17) is 9.47 Å². The molecular weight excluding hydrogens is 340 g/mol. The summed E-state index contributed by atoms with van der Waals surface area (Å²) >= 11 is 0. The van der Waals surface area contributed by atoms with Crippen molar-refractivity contribution >= 4 is 11.5 Å². The van der Waals surface area contributed by atoms with E-state index in [1.54, 1.807) is 0 Å². The Balaban J connectivity index is 1.14. The molecule has 27 heavy (non-hydrogen) atoms. The van der Waals surface area contributed by atoms with E-state index in [9.17, 15) is 0 Å². The Morgan fingerprint density at radius 1 is 1.07 bits per heavy atom. The summed E-state index contributed by atoms with van der Waals surface area (Å²) in [5.41, 5.74) is 2.42.